The van der Waals surface area contributed by atoms with Crippen LogP contribution in [0.5, 0.6) is 0 Å². The highest BCUT2D eigenvalue weighted by Gasteiger charge is 2.44. The lowest BCUT2D eigenvalue weighted by Gasteiger charge is -2.41. The molecule has 1 aliphatic rings. The van der Waals surface area contributed by atoms with E-state index in [0.717, 1.165) is 0 Å². The standard InChI is InChI=1S/C14H27NO3SSi/c1-9(13(17)19)11-10(12(16)15-11)7-8-18-20(5,6)14(2,3)4/h9-11H,7-8H2,1-6H3,(H,15,16)(H,17,19)/t9-,10+,11-/m1/s1. The maximum Gasteiger partial charge on any atom is 0.225 e. The quantitative estimate of drug-likeness (QED) is 0.450. The van der Waals surface area contributed by atoms with Crippen molar-refractivity contribution in [2.45, 2.75) is 58.3 Å². The van der Waals surface area contributed by atoms with E-state index in [1.807, 2.05) is 0 Å². The Morgan fingerprint density at radius 1 is 1.45 bits per heavy atom. The molecule has 6 heteroatoms. The Morgan fingerprint density at radius 2 is 2.00 bits per heavy atom. The zero-order chi connectivity index (χ0) is 15.7. The summed E-state index contributed by atoms with van der Waals surface area (Å²) >= 11 is 3.85. The molecule has 1 amide bonds. The predicted octanol–water partition coefficient (Wildman–Crippen LogP) is 2.61. The minimum atomic E-state index is -1.77. The molecule has 0 radical (unpaired) electrons. The Morgan fingerprint density at radius 3 is 2.40 bits per heavy atom. The van der Waals surface area contributed by atoms with Crippen molar-refractivity contribution in [1.29, 1.82) is 0 Å². The molecule has 0 aliphatic carbocycles. The molecule has 0 unspecified atom stereocenters. The molecule has 0 aromatic carbocycles. The molecule has 0 aromatic heterocycles. The fourth-order valence-corrected chi connectivity index (χ4v) is 3.26. The van der Waals surface area contributed by atoms with Gasteiger partial charge in [0.15, 0.2) is 13.4 Å². The SMILES string of the molecule is C[C@@H](C(=O)S)[C@H]1NC(=O)[C@H]1CCO[Si](C)(C)C(C)(C)C. The second-order valence-electron chi connectivity index (χ2n) is 7.17. The summed E-state index contributed by atoms with van der Waals surface area (Å²) in [7, 11) is -1.77. The fraction of sp³-hybridized carbons (Fsp3) is 0.857. The van der Waals surface area contributed by atoms with Gasteiger partial charge in [-0.05, 0) is 24.6 Å². The van der Waals surface area contributed by atoms with E-state index in [-0.39, 0.29) is 33.9 Å². The first-order valence-electron chi connectivity index (χ1n) is 7.14. The van der Waals surface area contributed by atoms with E-state index in [0.29, 0.717) is 13.0 Å². The van der Waals surface area contributed by atoms with E-state index < -0.39 is 8.32 Å². The lowest BCUT2D eigenvalue weighted by Crippen LogP contribution is -2.62. The van der Waals surface area contributed by atoms with E-state index in [1.165, 1.54) is 0 Å². The minimum absolute atomic E-state index is 0.0234. The number of thiol groups is 1. The number of hydrogen-bond acceptors (Lipinski definition) is 3. The zero-order valence-corrected chi connectivity index (χ0v) is 15.2. The number of nitrogens with one attached hydrogen (secondary N) is 1. The van der Waals surface area contributed by atoms with Crippen LogP contribution in [0.4, 0.5) is 0 Å². The molecule has 1 heterocycles. The third kappa shape index (κ3) is 3.86. The van der Waals surface area contributed by atoms with Gasteiger partial charge < -0.3 is 9.74 Å². The summed E-state index contributed by atoms with van der Waals surface area (Å²) in [6.45, 7) is 13.4. The molecule has 1 aliphatic heterocycles. The molecule has 1 saturated heterocycles. The monoisotopic (exact) mass is 317 g/mol. The smallest absolute Gasteiger partial charge is 0.225 e. The van der Waals surface area contributed by atoms with E-state index in [2.05, 4.69) is 51.8 Å². The van der Waals surface area contributed by atoms with Crippen LogP contribution in [0.1, 0.15) is 34.1 Å². The molecule has 0 bridgehead atoms. The highest BCUT2D eigenvalue weighted by Crippen LogP contribution is 2.37. The molecule has 0 saturated carbocycles. The zero-order valence-electron chi connectivity index (χ0n) is 13.3. The van der Waals surface area contributed by atoms with Crippen LogP contribution in [0.2, 0.25) is 18.1 Å². The Balaban J connectivity index is 2.49. The fourth-order valence-electron chi connectivity index (χ4n) is 2.03. The van der Waals surface area contributed by atoms with Crippen LogP contribution < -0.4 is 5.32 Å². The van der Waals surface area contributed by atoms with Gasteiger partial charge in [-0.3, -0.25) is 9.59 Å². The Labute approximate surface area is 128 Å². The van der Waals surface area contributed by atoms with Crippen LogP contribution in [0, 0.1) is 11.8 Å². The van der Waals surface area contributed by atoms with Crippen molar-refractivity contribution in [2.24, 2.45) is 11.8 Å². The van der Waals surface area contributed by atoms with Gasteiger partial charge >= 0.3 is 0 Å². The number of carbonyl (C=O) groups excluding carboxylic acids is 2. The van der Waals surface area contributed by atoms with Gasteiger partial charge in [0, 0.05) is 12.5 Å². The van der Waals surface area contributed by atoms with Gasteiger partial charge in [-0.15, -0.1) is 12.6 Å². The molecule has 0 aromatic rings. The lowest BCUT2D eigenvalue weighted by atomic mass is 9.80. The maximum absolute atomic E-state index is 11.6. The molecule has 4 nitrogen and oxygen atoms in total. The van der Waals surface area contributed by atoms with Crippen molar-refractivity contribution in [2.75, 3.05) is 6.61 Å². The molecule has 1 rings (SSSR count). The largest absolute Gasteiger partial charge is 0.417 e. The summed E-state index contributed by atoms with van der Waals surface area (Å²) in [5.41, 5.74) is 0. The number of amides is 1. The Hall–Kier alpha value is -0.333. The highest BCUT2D eigenvalue weighted by molar-refractivity contribution is 7.96. The lowest BCUT2D eigenvalue weighted by molar-refractivity contribution is -0.138. The number of hydrogen-bond donors (Lipinski definition) is 2. The molecule has 3 atom stereocenters. The topological polar surface area (TPSA) is 55.4 Å². The molecular weight excluding hydrogens is 290 g/mol. The third-order valence-corrected chi connectivity index (χ3v) is 9.65. The van der Waals surface area contributed by atoms with Crippen LogP contribution >= 0.6 is 12.6 Å². The third-order valence-electron chi connectivity index (χ3n) is 4.71. The first kappa shape index (κ1) is 17.7. The van der Waals surface area contributed by atoms with Crippen LogP contribution in [0.15, 0.2) is 0 Å². The van der Waals surface area contributed by atoms with Crippen molar-refractivity contribution in [1.82, 2.24) is 5.32 Å². The summed E-state index contributed by atoms with van der Waals surface area (Å²) in [5, 5.41) is 2.79. The van der Waals surface area contributed by atoms with Gasteiger partial charge in [0.05, 0.1) is 12.0 Å². The minimum Gasteiger partial charge on any atom is -0.417 e. The van der Waals surface area contributed by atoms with Gasteiger partial charge in [-0.25, -0.2) is 0 Å². The predicted molar refractivity (Wildman–Crippen MR) is 86.3 cm³/mol. The first-order valence-corrected chi connectivity index (χ1v) is 10.5. The summed E-state index contributed by atoms with van der Waals surface area (Å²) in [6, 6.07) is -0.0875. The van der Waals surface area contributed by atoms with Crippen molar-refractivity contribution in [3.8, 4) is 0 Å². The van der Waals surface area contributed by atoms with Gasteiger partial charge in [-0.2, -0.15) is 0 Å². The Bertz CT molecular complexity index is 392. The van der Waals surface area contributed by atoms with Crippen LogP contribution in [0.3, 0.4) is 0 Å². The normalized spacial score (nSPS) is 24.9. The first-order chi connectivity index (χ1) is 8.97. The Kier molecular flexibility index (Phi) is 5.49. The van der Waals surface area contributed by atoms with E-state index in [1.54, 1.807) is 6.92 Å². The summed E-state index contributed by atoms with van der Waals surface area (Å²) in [6.07, 6.45) is 0.675. The number of β-lactam (4-membered cyclic amide) rings is 1. The molecular formula is C14H27NO3SSi. The molecule has 1 N–H and O–H groups in total. The highest BCUT2D eigenvalue weighted by atomic mass is 32.1. The molecule has 1 fully saturated rings. The van der Waals surface area contributed by atoms with Crippen LogP contribution in [-0.4, -0.2) is 32.0 Å². The van der Waals surface area contributed by atoms with Crippen molar-refractivity contribution in [3.63, 3.8) is 0 Å². The maximum atomic E-state index is 11.6. The number of rotatable bonds is 6. The van der Waals surface area contributed by atoms with Gasteiger partial charge in [-0.1, -0.05) is 27.7 Å². The molecule has 20 heavy (non-hydrogen) atoms. The van der Waals surface area contributed by atoms with Crippen molar-refractivity contribution < 1.29 is 14.0 Å². The van der Waals surface area contributed by atoms with Gasteiger partial charge in [0.2, 0.25) is 5.91 Å². The average molecular weight is 318 g/mol. The van der Waals surface area contributed by atoms with Crippen LogP contribution in [-0.2, 0) is 14.0 Å². The summed E-state index contributed by atoms with van der Waals surface area (Å²) in [4.78, 5) is 22.9. The second-order valence-corrected chi connectivity index (χ2v) is 12.4. The summed E-state index contributed by atoms with van der Waals surface area (Å²) < 4.78 is 6.09. The summed E-state index contributed by atoms with van der Waals surface area (Å²) in [5.74, 6) is -0.338. The number of carbonyl (C=O) groups is 2. The average Bonchev–Trinajstić information content (AvgIpc) is 2.28. The van der Waals surface area contributed by atoms with Gasteiger partial charge in [0.1, 0.15) is 0 Å². The van der Waals surface area contributed by atoms with E-state index in [9.17, 15) is 9.59 Å². The molecule has 0 spiro atoms. The molecule has 116 valence electrons. The van der Waals surface area contributed by atoms with Crippen molar-refractivity contribution >= 4 is 32.0 Å². The van der Waals surface area contributed by atoms with E-state index in [4.69, 9.17) is 4.43 Å². The second kappa shape index (κ2) is 6.20. The van der Waals surface area contributed by atoms with Crippen LogP contribution in [0.25, 0.3) is 0 Å². The van der Waals surface area contributed by atoms with Gasteiger partial charge in [0.25, 0.3) is 0 Å². The van der Waals surface area contributed by atoms with E-state index >= 15 is 0 Å². The van der Waals surface area contributed by atoms with Crippen molar-refractivity contribution in [3.05, 3.63) is 0 Å².